The van der Waals surface area contributed by atoms with Gasteiger partial charge in [0.05, 0.1) is 36.4 Å². The quantitative estimate of drug-likeness (QED) is 0.138. The number of carboxylic acid groups (broad SMARTS) is 1. The van der Waals surface area contributed by atoms with Crippen molar-refractivity contribution in [3.63, 3.8) is 0 Å². The van der Waals surface area contributed by atoms with E-state index in [1.807, 2.05) is 13.8 Å². The van der Waals surface area contributed by atoms with Gasteiger partial charge in [0, 0.05) is 5.92 Å². The summed E-state index contributed by atoms with van der Waals surface area (Å²) >= 11 is 0. The highest BCUT2D eigenvalue weighted by Crippen LogP contribution is 2.76. The Hall–Kier alpha value is -1.27. The minimum absolute atomic E-state index is 0.0361. The summed E-state index contributed by atoms with van der Waals surface area (Å²) in [5.74, 6) is -1.14. The molecule has 0 aromatic carbocycles. The second-order valence-corrected chi connectivity index (χ2v) is 20.8. The maximum Gasteiger partial charge on any atom is 0.310 e. The first kappa shape index (κ1) is 42.8. The van der Waals surface area contributed by atoms with E-state index >= 15 is 0 Å². The number of fused-ring (bicyclic) bond motifs is 7. The number of allylic oxidation sites excluding steroid dienone is 1. The summed E-state index contributed by atoms with van der Waals surface area (Å²) in [6, 6.07) is 0. The number of carbonyl (C=O) groups is 1. The van der Waals surface area contributed by atoms with E-state index < -0.39 is 114 Å². The normalized spacial score (nSPS) is 55.1. The maximum absolute atomic E-state index is 13.1. The highest BCUT2D eigenvalue weighted by atomic mass is 16.8. The van der Waals surface area contributed by atoms with Crippen molar-refractivity contribution < 1.29 is 69.7 Å². The van der Waals surface area contributed by atoms with Crippen molar-refractivity contribution in [3.8, 4) is 0 Å². The molecule has 320 valence electrons. The molecule has 2 heterocycles. The molecule has 56 heavy (non-hydrogen) atoms. The summed E-state index contributed by atoms with van der Waals surface area (Å²) in [5, 5.41) is 98.5. The van der Waals surface area contributed by atoms with Gasteiger partial charge in [-0.3, -0.25) is 4.79 Å². The first-order valence-corrected chi connectivity index (χ1v) is 20.9. The summed E-state index contributed by atoms with van der Waals surface area (Å²) in [4.78, 5) is 13.1. The Bertz CT molecular complexity index is 1540. The zero-order valence-corrected chi connectivity index (χ0v) is 34.2. The average molecular weight is 797 g/mol. The summed E-state index contributed by atoms with van der Waals surface area (Å²) in [6.45, 7) is 15.9. The van der Waals surface area contributed by atoms with E-state index in [9.17, 15) is 50.8 Å². The number of aliphatic hydroxyl groups excluding tert-OH is 8. The fourth-order valence-electron chi connectivity index (χ4n) is 13.7. The van der Waals surface area contributed by atoms with Crippen LogP contribution in [0.15, 0.2) is 11.6 Å². The van der Waals surface area contributed by atoms with Gasteiger partial charge in [0.15, 0.2) is 12.6 Å². The number of carboxylic acids is 1. The van der Waals surface area contributed by atoms with Crippen molar-refractivity contribution >= 4 is 5.97 Å². The van der Waals surface area contributed by atoms with E-state index in [4.69, 9.17) is 18.9 Å². The molecule has 4 saturated carbocycles. The zero-order chi connectivity index (χ0) is 41.3. The van der Waals surface area contributed by atoms with Crippen LogP contribution in [0.25, 0.3) is 0 Å². The third-order valence-electron chi connectivity index (χ3n) is 17.4. The van der Waals surface area contributed by atoms with Crippen LogP contribution >= 0.6 is 0 Å². The standard InChI is InChI=1S/C42H68O14/c1-19-26(45)28(47)30(49)34(53-19)55-31-29(48)27(46)22(18-43)54-35(31)56-33-21(44)17-39(6)23(38(33,4)5)11-12-41(8)24(39)10-9-20-25-32(50)37(2,3)13-15-42(25,36(51)52)16-14-40(20,41)7/h9,19,21-35,43-50H,10-18H2,1-8H3,(H,51,52)/t19-,21+,22-,23-,24+,25+,26-,27-,28+,29+,30-,31-,32+,33-,34+,35+,39-,40-,41-,42+/m0/s1. The predicted octanol–water partition coefficient (Wildman–Crippen LogP) is 1.85. The maximum atomic E-state index is 13.1. The molecule has 0 aromatic heterocycles. The lowest BCUT2D eigenvalue weighted by Gasteiger charge is -2.72. The minimum atomic E-state index is -1.71. The lowest BCUT2D eigenvalue weighted by atomic mass is 9.33. The van der Waals surface area contributed by atoms with Gasteiger partial charge < -0.3 is 64.9 Å². The third kappa shape index (κ3) is 5.97. The molecule has 0 amide bonds. The number of hydrogen-bond donors (Lipinski definition) is 9. The van der Waals surface area contributed by atoms with Crippen molar-refractivity contribution in [3.05, 3.63) is 11.6 Å². The average Bonchev–Trinajstić information content (AvgIpc) is 3.12. The van der Waals surface area contributed by atoms with Crippen LogP contribution in [0.4, 0.5) is 0 Å². The fourth-order valence-corrected chi connectivity index (χ4v) is 13.7. The molecule has 0 unspecified atom stereocenters. The number of hydrogen-bond acceptors (Lipinski definition) is 13. The molecule has 0 aromatic rings. The van der Waals surface area contributed by atoms with Gasteiger partial charge in [0.25, 0.3) is 0 Å². The van der Waals surface area contributed by atoms with E-state index in [2.05, 4.69) is 40.7 Å². The van der Waals surface area contributed by atoms with E-state index in [1.54, 1.807) is 0 Å². The molecular weight excluding hydrogens is 728 g/mol. The van der Waals surface area contributed by atoms with Crippen LogP contribution in [0.5, 0.6) is 0 Å². The van der Waals surface area contributed by atoms with Crippen molar-refractivity contribution in [2.75, 3.05) is 6.61 Å². The highest BCUT2D eigenvalue weighted by Gasteiger charge is 2.71. The van der Waals surface area contributed by atoms with Crippen LogP contribution in [-0.2, 0) is 23.7 Å². The van der Waals surface area contributed by atoms with Crippen molar-refractivity contribution in [1.29, 1.82) is 0 Å². The van der Waals surface area contributed by atoms with Gasteiger partial charge in [-0.05, 0) is 97.2 Å². The topological polar surface area (TPSA) is 236 Å². The molecule has 2 aliphatic heterocycles. The van der Waals surface area contributed by atoms with Crippen LogP contribution in [0.1, 0.15) is 107 Å². The molecule has 9 N–H and O–H groups in total. The predicted molar refractivity (Wildman–Crippen MR) is 199 cm³/mol. The zero-order valence-electron chi connectivity index (χ0n) is 34.2. The molecule has 14 nitrogen and oxygen atoms in total. The molecule has 20 atom stereocenters. The minimum Gasteiger partial charge on any atom is -0.481 e. The number of aliphatic hydroxyl groups is 8. The Morgan fingerprint density at radius 3 is 2.09 bits per heavy atom. The van der Waals surface area contributed by atoms with Gasteiger partial charge >= 0.3 is 5.97 Å². The van der Waals surface area contributed by atoms with Crippen molar-refractivity contribution in [2.24, 2.45) is 50.2 Å². The molecule has 7 aliphatic rings. The van der Waals surface area contributed by atoms with Gasteiger partial charge in [-0.1, -0.05) is 60.1 Å². The SMILES string of the molecule is C[C@@H]1O[C@H](O[C@@H]2[C@@H](O[C@H]3[C@H](O)C[C@]4(C)[C@H]5CC=C6[C@@H]7[C@@H](O)C(C)(C)CC[C@@]7(C(=O)O)CC[C@]6(C)[C@@]5(C)CC[C@H]4C3(C)C)O[C@@H](CO)[C@H](O)[C@H]2O)[C@@H](O)[C@H](O)[C@H]1O. The Morgan fingerprint density at radius 1 is 0.786 bits per heavy atom. The monoisotopic (exact) mass is 796 g/mol. The molecule has 14 heteroatoms. The smallest absolute Gasteiger partial charge is 0.310 e. The van der Waals surface area contributed by atoms with Crippen LogP contribution < -0.4 is 0 Å². The molecule has 5 aliphatic carbocycles. The molecule has 2 saturated heterocycles. The molecular formula is C42H68O14. The molecule has 7 rings (SSSR count). The number of ether oxygens (including phenoxy) is 4. The van der Waals surface area contributed by atoms with Crippen LogP contribution in [-0.4, -0.2) is 138 Å². The summed E-state index contributed by atoms with van der Waals surface area (Å²) < 4.78 is 24.3. The Kier molecular flexibility index (Phi) is 10.8. The third-order valence-corrected chi connectivity index (χ3v) is 17.4. The van der Waals surface area contributed by atoms with E-state index in [-0.39, 0.29) is 28.1 Å². The van der Waals surface area contributed by atoms with Gasteiger partial charge in [-0.15, -0.1) is 0 Å². The molecule has 6 fully saturated rings. The van der Waals surface area contributed by atoms with Crippen molar-refractivity contribution in [1.82, 2.24) is 0 Å². The van der Waals surface area contributed by atoms with E-state index in [0.717, 1.165) is 18.4 Å². The van der Waals surface area contributed by atoms with E-state index in [1.165, 1.54) is 6.92 Å². The van der Waals surface area contributed by atoms with Crippen LogP contribution in [0.2, 0.25) is 0 Å². The van der Waals surface area contributed by atoms with Crippen LogP contribution in [0.3, 0.4) is 0 Å². The fraction of sp³-hybridized carbons (Fsp3) is 0.929. The summed E-state index contributed by atoms with van der Waals surface area (Å²) in [7, 11) is 0. The lowest BCUT2D eigenvalue weighted by molar-refractivity contribution is -0.381. The first-order chi connectivity index (χ1) is 25.9. The van der Waals surface area contributed by atoms with Gasteiger partial charge in [0.1, 0.15) is 42.7 Å². The largest absolute Gasteiger partial charge is 0.481 e. The van der Waals surface area contributed by atoms with Crippen molar-refractivity contribution in [2.45, 2.75) is 186 Å². The van der Waals surface area contributed by atoms with Gasteiger partial charge in [-0.25, -0.2) is 0 Å². The second-order valence-electron chi connectivity index (χ2n) is 20.8. The number of rotatable bonds is 6. The second kappa shape index (κ2) is 14.2. The van der Waals surface area contributed by atoms with Gasteiger partial charge in [-0.2, -0.15) is 0 Å². The summed E-state index contributed by atoms with van der Waals surface area (Å²) in [5.41, 5.74) is -2.02. The molecule has 0 bridgehead atoms. The lowest BCUT2D eigenvalue weighted by Crippen LogP contribution is -2.69. The van der Waals surface area contributed by atoms with E-state index in [0.29, 0.717) is 38.5 Å². The van der Waals surface area contributed by atoms with Gasteiger partial charge in [0.2, 0.25) is 0 Å². The highest BCUT2D eigenvalue weighted by molar-refractivity contribution is 5.77. The Labute approximate surface area is 330 Å². The Morgan fingerprint density at radius 2 is 1.45 bits per heavy atom. The molecule has 0 spiro atoms. The first-order valence-electron chi connectivity index (χ1n) is 20.9. The van der Waals surface area contributed by atoms with Crippen LogP contribution in [0, 0.1) is 50.2 Å². The molecule has 0 radical (unpaired) electrons. The number of aliphatic carboxylic acids is 1. The summed E-state index contributed by atoms with van der Waals surface area (Å²) in [6.07, 6.45) is -9.98. The Balaban J connectivity index is 1.18.